The average molecular weight is 519 g/mol. The molecule has 7 heteroatoms. The van der Waals surface area contributed by atoms with Gasteiger partial charge in [0.25, 0.3) is 0 Å². The first-order valence-corrected chi connectivity index (χ1v) is 10.2. The second-order valence-corrected chi connectivity index (χ2v) is 7.59. The summed E-state index contributed by atoms with van der Waals surface area (Å²) >= 11 is 0. The topological polar surface area (TPSA) is 54.2 Å². The van der Waals surface area contributed by atoms with Gasteiger partial charge in [-0.3, -0.25) is 4.99 Å². The van der Waals surface area contributed by atoms with Crippen molar-refractivity contribution in [1.82, 2.24) is 19.6 Å². The Morgan fingerprint density at radius 3 is 2.90 bits per heavy atom. The SMILES string of the molecule is CN=C(NCCc1cn2ccccc2n1)N1CCOC(c2ccc(C)cc2C)C1.I. The Hall–Kier alpha value is -2.13. The predicted molar refractivity (Wildman–Crippen MR) is 132 cm³/mol. The number of imidazole rings is 1. The van der Waals surface area contributed by atoms with Gasteiger partial charge in [-0.2, -0.15) is 0 Å². The van der Waals surface area contributed by atoms with Crippen molar-refractivity contribution in [2.75, 3.05) is 33.3 Å². The first-order chi connectivity index (χ1) is 14.1. The van der Waals surface area contributed by atoms with Crippen LogP contribution in [0.1, 0.15) is 28.5 Å². The van der Waals surface area contributed by atoms with Crippen molar-refractivity contribution >= 4 is 35.6 Å². The Morgan fingerprint density at radius 1 is 1.27 bits per heavy atom. The van der Waals surface area contributed by atoms with E-state index in [0.29, 0.717) is 6.61 Å². The minimum absolute atomic E-state index is 0. The summed E-state index contributed by atoms with van der Waals surface area (Å²) in [5.41, 5.74) is 5.89. The molecule has 0 spiro atoms. The van der Waals surface area contributed by atoms with Crippen LogP contribution in [-0.2, 0) is 11.2 Å². The van der Waals surface area contributed by atoms with Crippen LogP contribution in [0.4, 0.5) is 0 Å². The van der Waals surface area contributed by atoms with E-state index in [4.69, 9.17) is 4.74 Å². The normalized spacial score (nSPS) is 17.1. The van der Waals surface area contributed by atoms with E-state index < -0.39 is 0 Å². The highest BCUT2D eigenvalue weighted by molar-refractivity contribution is 14.0. The highest BCUT2D eigenvalue weighted by Gasteiger charge is 2.25. The van der Waals surface area contributed by atoms with Gasteiger partial charge >= 0.3 is 0 Å². The van der Waals surface area contributed by atoms with E-state index in [1.54, 1.807) is 0 Å². The Morgan fingerprint density at radius 2 is 2.13 bits per heavy atom. The first-order valence-electron chi connectivity index (χ1n) is 10.2. The van der Waals surface area contributed by atoms with Gasteiger partial charge in [0, 0.05) is 39.0 Å². The monoisotopic (exact) mass is 519 g/mol. The summed E-state index contributed by atoms with van der Waals surface area (Å²) in [5.74, 6) is 0.923. The van der Waals surface area contributed by atoms with Crippen LogP contribution in [0.3, 0.4) is 0 Å². The summed E-state index contributed by atoms with van der Waals surface area (Å²) < 4.78 is 8.14. The Balaban J connectivity index is 0.00000256. The second-order valence-electron chi connectivity index (χ2n) is 7.59. The number of nitrogens with zero attached hydrogens (tertiary/aromatic N) is 4. The summed E-state index contributed by atoms with van der Waals surface area (Å²) in [6.07, 6.45) is 5.04. The molecule has 0 aliphatic carbocycles. The lowest BCUT2D eigenvalue weighted by Gasteiger charge is -2.35. The third-order valence-electron chi connectivity index (χ3n) is 5.43. The zero-order valence-corrected chi connectivity index (χ0v) is 20.2. The summed E-state index contributed by atoms with van der Waals surface area (Å²) in [6.45, 7) is 7.42. The summed E-state index contributed by atoms with van der Waals surface area (Å²) in [4.78, 5) is 11.5. The van der Waals surface area contributed by atoms with Crippen LogP contribution in [0.5, 0.6) is 0 Å². The molecule has 0 radical (unpaired) electrons. The van der Waals surface area contributed by atoms with Gasteiger partial charge in [-0.15, -0.1) is 24.0 Å². The fourth-order valence-electron chi connectivity index (χ4n) is 3.96. The van der Waals surface area contributed by atoms with E-state index in [-0.39, 0.29) is 30.1 Å². The van der Waals surface area contributed by atoms with E-state index in [2.05, 4.69) is 62.8 Å². The van der Waals surface area contributed by atoms with E-state index >= 15 is 0 Å². The lowest BCUT2D eigenvalue weighted by Crippen LogP contribution is -2.48. The highest BCUT2D eigenvalue weighted by atomic mass is 127. The molecule has 2 aromatic heterocycles. The Bertz CT molecular complexity index is 983. The maximum Gasteiger partial charge on any atom is 0.193 e. The molecule has 1 aliphatic heterocycles. The van der Waals surface area contributed by atoms with Gasteiger partial charge in [0.1, 0.15) is 11.8 Å². The molecule has 30 heavy (non-hydrogen) atoms. The molecule has 3 heterocycles. The van der Waals surface area contributed by atoms with Crippen LogP contribution in [0, 0.1) is 13.8 Å². The van der Waals surface area contributed by atoms with Gasteiger partial charge in [-0.25, -0.2) is 4.98 Å². The third-order valence-corrected chi connectivity index (χ3v) is 5.43. The molecule has 1 fully saturated rings. The third kappa shape index (κ3) is 5.13. The van der Waals surface area contributed by atoms with Crippen LogP contribution >= 0.6 is 24.0 Å². The number of hydrogen-bond donors (Lipinski definition) is 1. The summed E-state index contributed by atoms with van der Waals surface area (Å²) in [5, 5.41) is 3.50. The zero-order chi connectivity index (χ0) is 20.2. The number of hydrogen-bond acceptors (Lipinski definition) is 3. The number of ether oxygens (including phenoxy) is 1. The number of morpholine rings is 1. The molecular weight excluding hydrogens is 489 g/mol. The number of pyridine rings is 1. The fraction of sp³-hybridized carbons (Fsp3) is 0.391. The molecular formula is C23H30IN5O. The number of guanidine groups is 1. The van der Waals surface area contributed by atoms with E-state index in [9.17, 15) is 0 Å². The maximum absolute atomic E-state index is 6.08. The quantitative estimate of drug-likeness (QED) is 0.324. The van der Waals surface area contributed by atoms with Crippen molar-refractivity contribution in [3.63, 3.8) is 0 Å². The number of fused-ring (bicyclic) bond motifs is 1. The summed E-state index contributed by atoms with van der Waals surface area (Å²) in [7, 11) is 1.84. The van der Waals surface area contributed by atoms with Gasteiger partial charge in [0.05, 0.1) is 18.8 Å². The van der Waals surface area contributed by atoms with Crippen LogP contribution < -0.4 is 5.32 Å². The molecule has 0 bridgehead atoms. The van der Waals surface area contributed by atoms with Crippen LogP contribution in [0.25, 0.3) is 5.65 Å². The van der Waals surface area contributed by atoms with Crippen LogP contribution in [0.2, 0.25) is 0 Å². The number of aliphatic imine (C=N–C) groups is 1. The lowest BCUT2D eigenvalue weighted by molar-refractivity contribution is -0.00830. The van der Waals surface area contributed by atoms with Gasteiger partial charge in [-0.1, -0.05) is 29.8 Å². The molecule has 3 aromatic rings. The number of nitrogens with one attached hydrogen (secondary N) is 1. The van der Waals surface area contributed by atoms with Gasteiger partial charge in [0.15, 0.2) is 5.96 Å². The fourth-order valence-corrected chi connectivity index (χ4v) is 3.96. The zero-order valence-electron chi connectivity index (χ0n) is 17.8. The van der Waals surface area contributed by atoms with E-state index in [1.807, 2.05) is 31.4 Å². The predicted octanol–water partition coefficient (Wildman–Crippen LogP) is 3.76. The Labute approximate surface area is 195 Å². The lowest BCUT2D eigenvalue weighted by atomic mass is 10.00. The minimum Gasteiger partial charge on any atom is -0.370 e. The molecule has 6 nitrogen and oxygen atoms in total. The van der Waals surface area contributed by atoms with Gasteiger partial charge in [0.2, 0.25) is 0 Å². The molecule has 1 saturated heterocycles. The molecule has 1 unspecified atom stereocenters. The number of rotatable bonds is 4. The molecule has 4 rings (SSSR count). The smallest absolute Gasteiger partial charge is 0.193 e. The van der Waals surface area contributed by atoms with Crippen molar-refractivity contribution in [2.24, 2.45) is 4.99 Å². The molecule has 1 aliphatic rings. The highest BCUT2D eigenvalue weighted by Crippen LogP contribution is 2.25. The molecule has 0 amide bonds. The van der Waals surface area contributed by atoms with Crippen molar-refractivity contribution in [3.05, 3.63) is 71.2 Å². The largest absolute Gasteiger partial charge is 0.370 e. The number of halogens is 1. The van der Waals surface area contributed by atoms with Crippen molar-refractivity contribution < 1.29 is 4.74 Å². The van der Waals surface area contributed by atoms with Crippen molar-refractivity contribution in [3.8, 4) is 0 Å². The molecule has 1 atom stereocenters. The minimum atomic E-state index is 0. The molecule has 1 N–H and O–H groups in total. The van der Waals surface area contributed by atoms with Crippen molar-refractivity contribution in [1.29, 1.82) is 0 Å². The average Bonchev–Trinajstić information content (AvgIpc) is 3.14. The van der Waals surface area contributed by atoms with E-state index in [0.717, 1.165) is 43.4 Å². The molecule has 160 valence electrons. The Kier molecular flexibility index (Phi) is 7.71. The van der Waals surface area contributed by atoms with Crippen LogP contribution in [-0.4, -0.2) is 53.5 Å². The second kappa shape index (κ2) is 10.3. The van der Waals surface area contributed by atoms with Crippen molar-refractivity contribution in [2.45, 2.75) is 26.4 Å². The van der Waals surface area contributed by atoms with Gasteiger partial charge < -0.3 is 19.4 Å². The van der Waals surface area contributed by atoms with Gasteiger partial charge in [-0.05, 0) is 37.1 Å². The number of benzene rings is 1. The van der Waals surface area contributed by atoms with Crippen LogP contribution in [0.15, 0.2) is 53.8 Å². The van der Waals surface area contributed by atoms with E-state index in [1.165, 1.54) is 16.7 Å². The number of aryl methyl sites for hydroxylation is 2. The standard InChI is InChI=1S/C23H29N5O.HI/c1-17-7-8-20(18(2)14-17)21-16-28(12-13-29-21)23(24-3)25-10-9-19-15-27-11-5-4-6-22(27)26-19;/h4-8,11,14-15,21H,9-10,12-13,16H2,1-3H3,(H,24,25);1H. The first kappa shape index (κ1) is 22.6. The molecule has 0 saturated carbocycles. The summed E-state index contributed by atoms with van der Waals surface area (Å²) in [6, 6.07) is 12.6. The maximum atomic E-state index is 6.08. The number of aromatic nitrogens is 2. The molecule has 1 aromatic carbocycles.